The van der Waals surface area contributed by atoms with Crippen LogP contribution in [0.25, 0.3) is 0 Å². The summed E-state index contributed by atoms with van der Waals surface area (Å²) >= 11 is 0. The number of amides is 1. The minimum atomic E-state index is 0.179. The minimum Gasteiger partial charge on any atom is -0.465 e. The summed E-state index contributed by atoms with van der Waals surface area (Å²) in [5.74, 6) is 2.73. The van der Waals surface area contributed by atoms with Crippen LogP contribution in [0.1, 0.15) is 24.4 Å². The fourth-order valence-electron chi connectivity index (χ4n) is 2.33. The molecular weight excluding hydrogens is 254 g/mol. The van der Waals surface area contributed by atoms with Crippen molar-refractivity contribution in [2.45, 2.75) is 26.3 Å². The lowest BCUT2D eigenvalue weighted by Gasteiger charge is -2.15. The third-order valence-corrected chi connectivity index (χ3v) is 3.37. The van der Waals surface area contributed by atoms with Crippen LogP contribution in [0.3, 0.4) is 0 Å². The van der Waals surface area contributed by atoms with Gasteiger partial charge in [0.05, 0.1) is 18.4 Å². The minimum absolute atomic E-state index is 0.179. The monoisotopic (exact) mass is 271 g/mol. The number of rotatable bonds is 4. The number of hydrogen-bond acceptors (Lipinski definition) is 4. The molecular formula is C15H17N3O2. The maximum atomic E-state index is 11.6. The fourth-order valence-corrected chi connectivity index (χ4v) is 2.33. The summed E-state index contributed by atoms with van der Waals surface area (Å²) < 4.78 is 5.48. The quantitative estimate of drug-likeness (QED) is 0.929. The van der Waals surface area contributed by atoms with Crippen molar-refractivity contribution < 1.29 is 9.21 Å². The molecule has 0 aromatic carbocycles. The molecule has 0 radical (unpaired) electrons. The smallest absolute Gasteiger partial charge is 0.227 e. The number of anilines is 2. The number of carbonyl (C=O) groups is 1. The maximum absolute atomic E-state index is 11.6. The molecule has 0 aliphatic carbocycles. The van der Waals surface area contributed by atoms with Gasteiger partial charge in [0.2, 0.25) is 5.91 Å². The largest absolute Gasteiger partial charge is 0.465 e. The van der Waals surface area contributed by atoms with Crippen LogP contribution in [0.4, 0.5) is 11.5 Å². The topological polar surface area (TPSA) is 58.4 Å². The van der Waals surface area contributed by atoms with E-state index in [9.17, 15) is 4.79 Å². The first kappa shape index (κ1) is 12.7. The molecule has 5 nitrogen and oxygen atoms in total. The lowest BCUT2D eigenvalue weighted by atomic mass is 10.3. The van der Waals surface area contributed by atoms with Gasteiger partial charge in [-0.25, -0.2) is 4.98 Å². The van der Waals surface area contributed by atoms with Crippen LogP contribution in [-0.4, -0.2) is 17.4 Å². The van der Waals surface area contributed by atoms with E-state index in [1.807, 2.05) is 31.2 Å². The van der Waals surface area contributed by atoms with Crippen LogP contribution in [0, 0.1) is 6.92 Å². The first-order valence-electron chi connectivity index (χ1n) is 6.78. The van der Waals surface area contributed by atoms with E-state index in [1.165, 1.54) is 0 Å². The van der Waals surface area contributed by atoms with E-state index in [4.69, 9.17) is 4.42 Å². The van der Waals surface area contributed by atoms with Gasteiger partial charge >= 0.3 is 0 Å². The molecule has 1 aliphatic heterocycles. The van der Waals surface area contributed by atoms with Gasteiger partial charge in [-0.15, -0.1) is 0 Å². The number of pyridine rings is 1. The molecule has 2 aromatic rings. The van der Waals surface area contributed by atoms with Crippen LogP contribution in [0.15, 0.2) is 34.9 Å². The van der Waals surface area contributed by atoms with Crippen LogP contribution in [0.5, 0.6) is 0 Å². The van der Waals surface area contributed by atoms with Gasteiger partial charge < -0.3 is 14.6 Å². The summed E-state index contributed by atoms with van der Waals surface area (Å²) in [6, 6.07) is 7.69. The average Bonchev–Trinajstić information content (AvgIpc) is 3.06. The van der Waals surface area contributed by atoms with E-state index >= 15 is 0 Å². The van der Waals surface area contributed by atoms with Crippen molar-refractivity contribution in [2.24, 2.45) is 0 Å². The van der Waals surface area contributed by atoms with Crippen LogP contribution in [-0.2, 0) is 11.3 Å². The van der Waals surface area contributed by atoms with E-state index in [2.05, 4.69) is 10.3 Å². The molecule has 3 rings (SSSR count). The van der Waals surface area contributed by atoms with E-state index in [0.29, 0.717) is 13.0 Å². The molecule has 3 heterocycles. The lowest BCUT2D eigenvalue weighted by molar-refractivity contribution is -0.117. The van der Waals surface area contributed by atoms with Gasteiger partial charge in [0.15, 0.2) is 0 Å². The number of hydrogen-bond donors (Lipinski definition) is 1. The van der Waals surface area contributed by atoms with Crippen molar-refractivity contribution in [3.63, 3.8) is 0 Å². The van der Waals surface area contributed by atoms with E-state index in [-0.39, 0.29) is 5.91 Å². The Balaban J connectivity index is 1.62. The second kappa shape index (κ2) is 5.36. The molecule has 0 spiro atoms. The standard InChI is InChI=1S/C15H17N3O2/c1-11-4-6-13(20-11)10-17-14-7-5-12(9-16-14)18-8-2-3-15(18)19/h4-7,9H,2-3,8,10H2,1H3,(H,16,17). The molecule has 1 fully saturated rings. The van der Waals surface area contributed by atoms with Gasteiger partial charge in [0.25, 0.3) is 0 Å². The van der Waals surface area contributed by atoms with E-state index < -0.39 is 0 Å². The predicted octanol–water partition coefficient (Wildman–Crippen LogP) is 2.72. The third-order valence-electron chi connectivity index (χ3n) is 3.37. The zero-order valence-electron chi connectivity index (χ0n) is 11.4. The Morgan fingerprint density at radius 1 is 1.35 bits per heavy atom. The second-order valence-corrected chi connectivity index (χ2v) is 4.92. The van der Waals surface area contributed by atoms with Crippen LogP contribution >= 0.6 is 0 Å². The summed E-state index contributed by atoms with van der Waals surface area (Å²) in [6.07, 6.45) is 3.30. The SMILES string of the molecule is Cc1ccc(CNc2ccc(N3CCCC3=O)cn2)o1. The summed E-state index contributed by atoms with van der Waals surface area (Å²) in [6.45, 7) is 3.31. The molecule has 1 aliphatic rings. The van der Waals surface area contributed by atoms with E-state index in [0.717, 1.165) is 36.0 Å². The van der Waals surface area contributed by atoms with Crippen molar-refractivity contribution in [1.82, 2.24) is 4.98 Å². The highest BCUT2D eigenvalue weighted by Crippen LogP contribution is 2.21. The van der Waals surface area contributed by atoms with Gasteiger partial charge in [-0.1, -0.05) is 0 Å². The highest BCUT2D eigenvalue weighted by Gasteiger charge is 2.21. The number of aryl methyl sites for hydroxylation is 1. The molecule has 1 amide bonds. The van der Waals surface area contributed by atoms with Gasteiger partial charge in [0.1, 0.15) is 17.3 Å². The van der Waals surface area contributed by atoms with Crippen molar-refractivity contribution in [3.8, 4) is 0 Å². The Bertz CT molecular complexity index is 604. The summed E-state index contributed by atoms with van der Waals surface area (Å²) in [5.41, 5.74) is 0.867. The Kier molecular flexibility index (Phi) is 3.41. The number of carbonyl (C=O) groups excluding carboxylic acids is 1. The molecule has 5 heteroatoms. The number of nitrogens with one attached hydrogen (secondary N) is 1. The maximum Gasteiger partial charge on any atom is 0.227 e. The first-order valence-corrected chi connectivity index (χ1v) is 6.78. The number of nitrogens with zero attached hydrogens (tertiary/aromatic N) is 2. The number of furan rings is 1. The van der Waals surface area contributed by atoms with Crippen molar-refractivity contribution in [2.75, 3.05) is 16.8 Å². The Labute approximate surface area is 117 Å². The molecule has 104 valence electrons. The van der Waals surface area contributed by atoms with Gasteiger partial charge in [-0.3, -0.25) is 4.79 Å². The predicted molar refractivity (Wildman–Crippen MR) is 76.6 cm³/mol. The molecule has 0 atom stereocenters. The Hall–Kier alpha value is -2.30. The van der Waals surface area contributed by atoms with E-state index in [1.54, 1.807) is 11.1 Å². The zero-order chi connectivity index (χ0) is 13.9. The normalized spacial score (nSPS) is 14.8. The molecule has 1 N–H and O–H groups in total. The van der Waals surface area contributed by atoms with Crippen LogP contribution < -0.4 is 10.2 Å². The number of aromatic nitrogens is 1. The lowest BCUT2D eigenvalue weighted by Crippen LogP contribution is -2.23. The van der Waals surface area contributed by atoms with Crippen molar-refractivity contribution in [3.05, 3.63) is 42.0 Å². The summed E-state index contributed by atoms with van der Waals surface area (Å²) in [4.78, 5) is 17.8. The highest BCUT2D eigenvalue weighted by molar-refractivity contribution is 5.95. The highest BCUT2D eigenvalue weighted by atomic mass is 16.3. The Morgan fingerprint density at radius 3 is 2.85 bits per heavy atom. The first-order chi connectivity index (χ1) is 9.72. The summed E-state index contributed by atoms with van der Waals surface area (Å²) in [7, 11) is 0. The Morgan fingerprint density at radius 2 is 2.25 bits per heavy atom. The molecule has 0 unspecified atom stereocenters. The molecule has 20 heavy (non-hydrogen) atoms. The molecule has 0 saturated carbocycles. The molecule has 2 aromatic heterocycles. The fraction of sp³-hybridized carbons (Fsp3) is 0.333. The second-order valence-electron chi connectivity index (χ2n) is 4.92. The van der Waals surface area contributed by atoms with Crippen molar-refractivity contribution in [1.29, 1.82) is 0 Å². The third kappa shape index (κ3) is 2.66. The summed E-state index contributed by atoms with van der Waals surface area (Å²) in [5, 5.41) is 3.19. The van der Waals surface area contributed by atoms with Gasteiger partial charge in [0, 0.05) is 13.0 Å². The molecule has 1 saturated heterocycles. The van der Waals surface area contributed by atoms with Crippen LogP contribution in [0.2, 0.25) is 0 Å². The average molecular weight is 271 g/mol. The van der Waals surface area contributed by atoms with Crippen molar-refractivity contribution >= 4 is 17.4 Å². The zero-order valence-corrected chi connectivity index (χ0v) is 11.4. The molecule has 0 bridgehead atoms. The van der Waals surface area contributed by atoms with Gasteiger partial charge in [-0.05, 0) is 37.6 Å². The van der Waals surface area contributed by atoms with Gasteiger partial charge in [-0.2, -0.15) is 0 Å².